The smallest absolute Gasteiger partial charge is 0.494 e. The number of nitrogens with one attached hydrogen (secondary N) is 2. The summed E-state index contributed by atoms with van der Waals surface area (Å²) in [6.45, 7) is 2.95. The molecular formula is C30H27F3N4O7. The van der Waals surface area contributed by atoms with Crippen LogP contribution < -0.4 is 10.1 Å². The summed E-state index contributed by atoms with van der Waals surface area (Å²) < 4.78 is 41.4. The molecule has 1 aliphatic rings. The molecule has 4 N–H and O–H groups in total. The average Bonchev–Trinajstić information content (AvgIpc) is 3.35. The van der Waals surface area contributed by atoms with Gasteiger partial charge in [0.05, 0.1) is 29.6 Å². The van der Waals surface area contributed by atoms with Gasteiger partial charge in [0.15, 0.2) is 5.88 Å². The van der Waals surface area contributed by atoms with Gasteiger partial charge in [-0.2, -0.15) is 13.2 Å². The molecule has 1 fully saturated rings. The van der Waals surface area contributed by atoms with Gasteiger partial charge in [0.1, 0.15) is 5.75 Å². The van der Waals surface area contributed by atoms with Crippen molar-refractivity contribution in [1.82, 2.24) is 15.2 Å². The summed E-state index contributed by atoms with van der Waals surface area (Å²) in [5, 5.41) is 22.0. The molecule has 0 bridgehead atoms. The predicted octanol–water partition coefficient (Wildman–Crippen LogP) is 4.87. The van der Waals surface area contributed by atoms with E-state index in [1.54, 1.807) is 42.5 Å². The highest BCUT2D eigenvalue weighted by molar-refractivity contribution is 6.22. The highest BCUT2D eigenvalue weighted by atomic mass is 19.4. The van der Waals surface area contributed by atoms with Crippen LogP contribution in [0, 0.1) is 0 Å². The molecule has 2 heterocycles. The monoisotopic (exact) mass is 612 g/mol. The van der Waals surface area contributed by atoms with Crippen molar-refractivity contribution in [2.75, 3.05) is 33.3 Å². The van der Waals surface area contributed by atoms with Crippen LogP contribution in [0.3, 0.4) is 0 Å². The van der Waals surface area contributed by atoms with Gasteiger partial charge in [-0.15, -0.1) is 0 Å². The lowest BCUT2D eigenvalue weighted by molar-refractivity contribution is -0.192. The van der Waals surface area contributed by atoms with E-state index in [0.717, 1.165) is 18.7 Å². The van der Waals surface area contributed by atoms with Crippen LogP contribution in [0.5, 0.6) is 11.6 Å². The molecule has 230 valence electrons. The Morgan fingerprint density at radius 1 is 0.932 bits per heavy atom. The molecule has 44 heavy (non-hydrogen) atoms. The van der Waals surface area contributed by atoms with E-state index in [0.29, 0.717) is 46.5 Å². The molecule has 3 aromatic carbocycles. The molecule has 0 aliphatic carbocycles. The van der Waals surface area contributed by atoms with Crippen molar-refractivity contribution in [2.24, 2.45) is 4.99 Å². The first-order valence-corrected chi connectivity index (χ1v) is 13.1. The molecule has 5 rings (SSSR count). The molecule has 1 amide bonds. The number of rotatable bonds is 5. The molecule has 0 saturated carbocycles. The van der Waals surface area contributed by atoms with E-state index < -0.39 is 18.3 Å². The summed E-state index contributed by atoms with van der Waals surface area (Å²) in [6, 6.07) is 21.6. The summed E-state index contributed by atoms with van der Waals surface area (Å²) in [5.74, 6) is -2.56. The van der Waals surface area contributed by atoms with Gasteiger partial charge in [0, 0.05) is 48.8 Å². The van der Waals surface area contributed by atoms with Crippen LogP contribution in [0.15, 0.2) is 77.8 Å². The molecular weight excluding hydrogens is 585 g/mol. The minimum Gasteiger partial charge on any atom is -0.494 e. The van der Waals surface area contributed by atoms with Crippen molar-refractivity contribution < 1.29 is 47.2 Å². The van der Waals surface area contributed by atoms with Crippen LogP contribution in [0.25, 0.3) is 10.9 Å². The van der Waals surface area contributed by atoms with Gasteiger partial charge in [-0.3, -0.25) is 4.79 Å². The fraction of sp³-hybridized carbons (Fsp3) is 0.200. The number of piperazine rings is 1. The maximum Gasteiger partial charge on any atom is 0.513 e. The second-order valence-corrected chi connectivity index (χ2v) is 9.33. The second-order valence-electron chi connectivity index (χ2n) is 9.33. The number of alkyl halides is 3. The third-order valence-corrected chi connectivity index (χ3v) is 6.40. The van der Waals surface area contributed by atoms with Crippen molar-refractivity contribution in [3.05, 3.63) is 89.5 Å². The SMILES string of the molecule is COC(=O)Oc1ccc2c(C(=Nc3ccc(C(=O)N4CCNCC4)cc3)c3ccccc3)c(O)[nH]c2c1.O=C(O)C(F)(F)F. The first-order chi connectivity index (χ1) is 21.0. The van der Waals surface area contributed by atoms with E-state index in [1.165, 1.54) is 7.11 Å². The fourth-order valence-corrected chi connectivity index (χ4v) is 4.32. The number of aromatic amines is 1. The van der Waals surface area contributed by atoms with E-state index in [9.17, 15) is 27.9 Å². The Morgan fingerprint density at radius 3 is 2.16 bits per heavy atom. The van der Waals surface area contributed by atoms with Crippen LogP contribution >= 0.6 is 0 Å². The van der Waals surface area contributed by atoms with Gasteiger partial charge in [0.2, 0.25) is 0 Å². The summed E-state index contributed by atoms with van der Waals surface area (Å²) >= 11 is 0. The zero-order chi connectivity index (χ0) is 31.9. The van der Waals surface area contributed by atoms with Crippen molar-refractivity contribution in [3.8, 4) is 11.6 Å². The van der Waals surface area contributed by atoms with Gasteiger partial charge < -0.3 is 34.9 Å². The number of carbonyl (C=O) groups is 3. The number of methoxy groups -OCH3 is 1. The highest BCUT2D eigenvalue weighted by Crippen LogP contribution is 2.33. The number of fused-ring (bicyclic) bond motifs is 1. The third kappa shape index (κ3) is 7.72. The number of hydrogen-bond acceptors (Lipinski definition) is 8. The third-order valence-electron chi connectivity index (χ3n) is 6.40. The molecule has 0 spiro atoms. The molecule has 1 saturated heterocycles. The molecule has 14 heteroatoms. The number of aliphatic imine (C=N–C) groups is 1. The van der Waals surface area contributed by atoms with Crippen molar-refractivity contribution >= 4 is 40.3 Å². The first-order valence-electron chi connectivity index (χ1n) is 13.1. The molecule has 4 aromatic rings. The Bertz CT molecular complexity index is 1660. The fourth-order valence-electron chi connectivity index (χ4n) is 4.32. The summed E-state index contributed by atoms with van der Waals surface area (Å²) in [7, 11) is 1.23. The lowest BCUT2D eigenvalue weighted by Crippen LogP contribution is -2.46. The number of carbonyl (C=O) groups excluding carboxylic acids is 2. The van der Waals surface area contributed by atoms with Gasteiger partial charge in [-0.1, -0.05) is 30.3 Å². The minimum atomic E-state index is -5.08. The van der Waals surface area contributed by atoms with E-state index >= 15 is 0 Å². The van der Waals surface area contributed by atoms with Gasteiger partial charge >= 0.3 is 18.3 Å². The van der Waals surface area contributed by atoms with Gasteiger partial charge in [-0.05, 0) is 36.4 Å². The average molecular weight is 613 g/mol. The predicted molar refractivity (Wildman–Crippen MR) is 154 cm³/mol. The molecule has 0 unspecified atom stereocenters. The second kappa shape index (κ2) is 13.7. The number of amides is 1. The topological polar surface area (TPSA) is 154 Å². The van der Waals surface area contributed by atoms with Gasteiger partial charge in [0.25, 0.3) is 5.91 Å². The zero-order valence-corrected chi connectivity index (χ0v) is 23.2. The standard InChI is InChI=1S/C28H26N4O5.C2HF3O2/c1-36-28(35)37-21-11-12-22-23(17-21)31-26(33)24(22)25(18-5-3-2-4-6-18)30-20-9-7-19(8-10-20)27(34)32-15-13-29-14-16-32;3-2(4,5)1(6)7/h2-12,17,29,31,33H,13-16H2,1H3;(H,6,7). The molecule has 0 atom stereocenters. The Labute approximate surface area is 248 Å². The Balaban J connectivity index is 0.000000566. The Kier molecular flexibility index (Phi) is 9.85. The number of carboxylic acids is 1. The van der Waals surface area contributed by atoms with Crippen LogP contribution in [0.4, 0.5) is 23.7 Å². The summed E-state index contributed by atoms with van der Waals surface area (Å²) in [5.41, 5.74) is 3.66. The summed E-state index contributed by atoms with van der Waals surface area (Å²) in [4.78, 5) is 42.9. The van der Waals surface area contributed by atoms with Crippen molar-refractivity contribution in [1.29, 1.82) is 0 Å². The maximum absolute atomic E-state index is 12.8. The van der Waals surface area contributed by atoms with Crippen LogP contribution in [-0.4, -0.2) is 83.3 Å². The number of nitrogens with zero attached hydrogens (tertiary/aromatic N) is 2. The number of halogens is 3. The summed E-state index contributed by atoms with van der Waals surface area (Å²) in [6.07, 6.45) is -5.92. The number of benzene rings is 3. The maximum atomic E-state index is 12.8. The lowest BCUT2D eigenvalue weighted by Gasteiger charge is -2.27. The zero-order valence-electron chi connectivity index (χ0n) is 23.2. The number of hydrogen-bond donors (Lipinski definition) is 4. The molecule has 1 aromatic heterocycles. The van der Waals surface area contributed by atoms with Crippen molar-refractivity contribution in [2.45, 2.75) is 6.18 Å². The van der Waals surface area contributed by atoms with Crippen molar-refractivity contribution in [3.63, 3.8) is 0 Å². The molecule has 1 aliphatic heterocycles. The lowest BCUT2D eigenvalue weighted by atomic mass is 10.0. The normalized spacial score (nSPS) is 13.5. The Morgan fingerprint density at radius 2 is 1.57 bits per heavy atom. The van der Waals surface area contributed by atoms with E-state index in [2.05, 4.69) is 15.0 Å². The number of aromatic hydroxyl groups is 1. The van der Waals surface area contributed by atoms with E-state index in [4.69, 9.17) is 19.6 Å². The number of carboxylic acid groups (broad SMARTS) is 1. The highest BCUT2D eigenvalue weighted by Gasteiger charge is 2.38. The number of aromatic nitrogens is 1. The molecule has 0 radical (unpaired) electrons. The molecule has 11 nitrogen and oxygen atoms in total. The quantitative estimate of drug-likeness (QED) is 0.142. The van der Waals surface area contributed by atoms with Crippen LogP contribution in [0.1, 0.15) is 21.5 Å². The number of ether oxygens (including phenoxy) is 2. The largest absolute Gasteiger partial charge is 0.513 e. The Hall–Kier alpha value is -5.37. The van der Waals surface area contributed by atoms with Crippen LogP contribution in [-0.2, 0) is 9.53 Å². The number of H-pyrrole nitrogens is 1. The first kappa shape index (κ1) is 31.6. The van der Waals surface area contributed by atoms with E-state index in [1.807, 2.05) is 35.2 Å². The van der Waals surface area contributed by atoms with E-state index in [-0.39, 0.29) is 17.5 Å². The van der Waals surface area contributed by atoms with Crippen LogP contribution in [0.2, 0.25) is 0 Å². The minimum absolute atomic E-state index is 0.000404. The van der Waals surface area contributed by atoms with Gasteiger partial charge in [-0.25, -0.2) is 14.6 Å². The number of aliphatic carboxylic acids is 1.